The third-order valence-corrected chi connectivity index (χ3v) is 3.57. The molecular formula is C16H12F3N3O2. The van der Waals surface area contributed by atoms with Crippen molar-refractivity contribution in [1.82, 2.24) is 14.8 Å². The Balaban J connectivity index is 2.28. The first-order chi connectivity index (χ1) is 11.4. The Morgan fingerprint density at radius 2 is 1.96 bits per heavy atom. The molecule has 0 spiro atoms. The molecule has 2 aromatic heterocycles. The van der Waals surface area contributed by atoms with Crippen molar-refractivity contribution in [3.63, 3.8) is 0 Å². The van der Waals surface area contributed by atoms with Crippen LogP contribution in [-0.4, -0.2) is 25.8 Å². The smallest absolute Gasteiger partial charge is 0.325 e. The lowest BCUT2D eigenvalue weighted by Crippen LogP contribution is -2.11. The number of benzene rings is 1. The van der Waals surface area contributed by atoms with Gasteiger partial charge in [0.05, 0.1) is 16.8 Å². The van der Waals surface area contributed by atoms with Crippen molar-refractivity contribution in [2.24, 2.45) is 0 Å². The minimum Gasteiger partial charge on any atom is -0.480 e. The maximum atomic E-state index is 13.5. The van der Waals surface area contributed by atoms with E-state index in [1.54, 1.807) is 0 Å². The molecule has 0 radical (unpaired) electrons. The van der Waals surface area contributed by atoms with Crippen LogP contribution in [0.3, 0.4) is 0 Å². The number of nitrogens with zero attached hydrogens (tertiary/aromatic N) is 3. The molecule has 1 aromatic carbocycles. The van der Waals surface area contributed by atoms with E-state index in [0.717, 1.165) is 4.68 Å². The summed E-state index contributed by atoms with van der Waals surface area (Å²) in [6.07, 6.45) is -2.78. The molecule has 0 fully saturated rings. The van der Waals surface area contributed by atoms with Crippen molar-refractivity contribution < 1.29 is 23.1 Å². The molecular weight excluding hydrogens is 323 g/mol. The average molecular weight is 335 g/mol. The van der Waals surface area contributed by atoms with Gasteiger partial charge in [0.25, 0.3) is 6.43 Å². The van der Waals surface area contributed by atoms with E-state index in [1.165, 1.54) is 37.3 Å². The second-order valence-corrected chi connectivity index (χ2v) is 5.24. The lowest BCUT2D eigenvalue weighted by Gasteiger charge is -2.08. The van der Waals surface area contributed by atoms with Gasteiger partial charge in [-0.15, -0.1) is 0 Å². The minimum atomic E-state index is -2.78. The van der Waals surface area contributed by atoms with E-state index in [9.17, 15) is 18.0 Å². The quantitative estimate of drug-likeness (QED) is 0.791. The van der Waals surface area contributed by atoms with Crippen LogP contribution in [0, 0.1) is 12.7 Å². The van der Waals surface area contributed by atoms with Crippen LogP contribution < -0.4 is 0 Å². The van der Waals surface area contributed by atoms with Crippen LogP contribution in [0.5, 0.6) is 0 Å². The zero-order valence-corrected chi connectivity index (χ0v) is 12.5. The second-order valence-electron chi connectivity index (χ2n) is 5.24. The van der Waals surface area contributed by atoms with E-state index in [4.69, 9.17) is 5.11 Å². The van der Waals surface area contributed by atoms with Crippen molar-refractivity contribution in [2.75, 3.05) is 0 Å². The fourth-order valence-electron chi connectivity index (χ4n) is 2.57. The number of fused-ring (bicyclic) bond motifs is 1. The van der Waals surface area contributed by atoms with E-state index < -0.39 is 24.8 Å². The zero-order valence-electron chi connectivity index (χ0n) is 12.5. The normalized spacial score (nSPS) is 11.4. The molecule has 0 aliphatic carbocycles. The molecule has 0 aliphatic rings. The number of aryl methyl sites for hydroxylation is 1. The van der Waals surface area contributed by atoms with Crippen LogP contribution in [0.2, 0.25) is 0 Å². The van der Waals surface area contributed by atoms with Crippen molar-refractivity contribution in [3.05, 3.63) is 47.4 Å². The highest BCUT2D eigenvalue weighted by Gasteiger charge is 2.21. The summed E-state index contributed by atoms with van der Waals surface area (Å²) in [5, 5.41) is 13.1. The molecule has 5 nitrogen and oxygen atoms in total. The van der Waals surface area contributed by atoms with Crippen molar-refractivity contribution in [1.29, 1.82) is 0 Å². The van der Waals surface area contributed by atoms with Crippen LogP contribution in [0.1, 0.15) is 17.7 Å². The highest BCUT2D eigenvalue weighted by atomic mass is 19.3. The summed E-state index contributed by atoms with van der Waals surface area (Å²) in [6, 6.07) is 6.46. The molecule has 0 atom stereocenters. The van der Waals surface area contributed by atoms with Gasteiger partial charge in [-0.2, -0.15) is 5.10 Å². The first-order valence-electron chi connectivity index (χ1n) is 7.00. The average Bonchev–Trinajstić information content (AvgIpc) is 2.82. The SMILES string of the molecule is Cc1nn(CC(=O)O)c2nc(-c3ccc(F)cc3)cc(C(F)F)c12. The fourth-order valence-corrected chi connectivity index (χ4v) is 2.57. The highest BCUT2D eigenvalue weighted by Crippen LogP contribution is 2.33. The van der Waals surface area contributed by atoms with Gasteiger partial charge >= 0.3 is 5.97 Å². The Morgan fingerprint density at radius 1 is 1.29 bits per heavy atom. The number of aromatic nitrogens is 3. The van der Waals surface area contributed by atoms with Gasteiger partial charge in [-0.3, -0.25) is 4.79 Å². The Labute approximate surface area is 134 Å². The summed E-state index contributed by atoms with van der Waals surface area (Å²) in [4.78, 5) is 15.2. The number of carbonyl (C=O) groups is 1. The van der Waals surface area contributed by atoms with Crippen LogP contribution in [-0.2, 0) is 11.3 Å². The summed E-state index contributed by atoms with van der Waals surface area (Å²) in [5.74, 6) is -1.62. The number of hydrogen-bond acceptors (Lipinski definition) is 3. The van der Waals surface area contributed by atoms with Crippen LogP contribution in [0.4, 0.5) is 13.2 Å². The van der Waals surface area contributed by atoms with Gasteiger partial charge < -0.3 is 5.11 Å². The number of pyridine rings is 1. The summed E-state index contributed by atoms with van der Waals surface area (Å²) in [7, 11) is 0. The monoisotopic (exact) mass is 335 g/mol. The number of aliphatic carboxylic acids is 1. The first kappa shape index (κ1) is 16.0. The molecule has 0 bridgehead atoms. The zero-order chi connectivity index (χ0) is 17.4. The van der Waals surface area contributed by atoms with Crippen LogP contribution in [0.25, 0.3) is 22.3 Å². The van der Waals surface area contributed by atoms with Crippen molar-refractivity contribution in [3.8, 4) is 11.3 Å². The molecule has 24 heavy (non-hydrogen) atoms. The Kier molecular flexibility index (Phi) is 3.96. The van der Waals surface area contributed by atoms with Crippen LogP contribution in [0.15, 0.2) is 30.3 Å². The van der Waals surface area contributed by atoms with Gasteiger partial charge in [-0.1, -0.05) is 0 Å². The lowest BCUT2D eigenvalue weighted by molar-refractivity contribution is -0.137. The predicted octanol–water partition coefficient (Wildman–Crippen LogP) is 3.57. The molecule has 0 unspecified atom stereocenters. The van der Waals surface area contributed by atoms with Crippen molar-refractivity contribution >= 4 is 17.0 Å². The summed E-state index contributed by atoms with van der Waals surface area (Å²) < 4.78 is 41.1. The Bertz CT molecular complexity index is 920. The van der Waals surface area contributed by atoms with Gasteiger partial charge in [0.15, 0.2) is 5.65 Å². The van der Waals surface area contributed by atoms with Gasteiger partial charge in [-0.05, 0) is 37.3 Å². The number of alkyl halides is 2. The van der Waals surface area contributed by atoms with E-state index >= 15 is 0 Å². The number of rotatable bonds is 4. The first-order valence-corrected chi connectivity index (χ1v) is 7.00. The molecule has 0 amide bonds. The van der Waals surface area contributed by atoms with Gasteiger partial charge in [0.1, 0.15) is 12.4 Å². The molecule has 3 aromatic rings. The molecule has 1 N–H and O–H groups in total. The number of carboxylic acid groups (broad SMARTS) is 1. The lowest BCUT2D eigenvalue weighted by atomic mass is 10.1. The molecule has 8 heteroatoms. The largest absolute Gasteiger partial charge is 0.480 e. The molecule has 0 saturated carbocycles. The minimum absolute atomic E-state index is 0.0621. The third-order valence-electron chi connectivity index (χ3n) is 3.57. The predicted molar refractivity (Wildman–Crippen MR) is 80.3 cm³/mol. The van der Waals surface area contributed by atoms with Gasteiger partial charge in [0, 0.05) is 11.1 Å². The van der Waals surface area contributed by atoms with E-state index in [0.29, 0.717) is 5.56 Å². The highest BCUT2D eigenvalue weighted by molar-refractivity contribution is 5.86. The number of carboxylic acids is 1. The summed E-state index contributed by atoms with van der Waals surface area (Å²) >= 11 is 0. The standard InChI is InChI=1S/C16H12F3N3O2/c1-8-14-11(15(18)19)6-12(9-2-4-10(17)5-3-9)20-16(14)22(21-8)7-13(23)24/h2-6,15H,7H2,1H3,(H,23,24). The molecule has 0 saturated heterocycles. The van der Waals surface area contributed by atoms with E-state index in [2.05, 4.69) is 10.1 Å². The molecule has 3 rings (SSSR count). The molecule has 124 valence electrons. The van der Waals surface area contributed by atoms with Gasteiger partial charge in [-0.25, -0.2) is 22.8 Å². The Morgan fingerprint density at radius 3 is 2.54 bits per heavy atom. The second kappa shape index (κ2) is 5.95. The molecule has 2 heterocycles. The number of hydrogen-bond donors (Lipinski definition) is 1. The number of halogens is 3. The van der Waals surface area contributed by atoms with Crippen LogP contribution >= 0.6 is 0 Å². The summed E-state index contributed by atoms with van der Waals surface area (Å²) in [6.45, 7) is 1.03. The fraction of sp³-hybridized carbons (Fsp3) is 0.188. The maximum Gasteiger partial charge on any atom is 0.325 e. The third kappa shape index (κ3) is 2.82. The Hall–Kier alpha value is -2.90. The van der Waals surface area contributed by atoms with Gasteiger partial charge in [0.2, 0.25) is 0 Å². The summed E-state index contributed by atoms with van der Waals surface area (Å²) in [5.41, 5.74) is 0.700. The van der Waals surface area contributed by atoms with E-state index in [1.807, 2.05) is 0 Å². The molecule has 0 aliphatic heterocycles. The van der Waals surface area contributed by atoms with Crippen molar-refractivity contribution in [2.45, 2.75) is 19.9 Å². The maximum absolute atomic E-state index is 13.5. The topological polar surface area (TPSA) is 68.0 Å². The van der Waals surface area contributed by atoms with E-state index in [-0.39, 0.29) is 28.0 Å².